The molecule has 1 saturated carbocycles. The minimum absolute atomic E-state index is 0.0132. The quantitative estimate of drug-likeness (QED) is 0.189. The molecule has 14 nitrogen and oxygen atoms in total. The number of rotatable bonds is 12. The Labute approximate surface area is 294 Å². The number of nitrogens with one attached hydrogen (secondary N) is 4. The molecule has 4 N–H and O–H groups in total. The van der Waals surface area contributed by atoms with Crippen LogP contribution in [0, 0.1) is 28.6 Å². The highest BCUT2D eigenvalue weighted by molar-refractivity contribution is 6.38. The van der Waals surface area contributed by atoms with Crippen LogP contribution >= 0.6 is 0 Å². The van der Waals surface area contributed by atoms with Crippen LogP contribution in [0.25, 0.3) is 0 Å². The Bertz CT molecular complexity index is 1490. The second kappa shape index (κ2) is 14.9. The number of pyridine rings is 1. The Hall–Kier alpha value is -4.36. The van der Waals surface area contributed by atoms with E-state index in [0.717, 1.165) is 17.7 Å². The van der Waals surface area contributed by atoms with Crippen LogP contribution in [0.15, 0.2) is 18.5 Å². The molecule has 1 aromatic rings. The molecule has 0 aromatic carbocycles. The van der Waals surface area contributed by atoms with Gasteiger partial charge in [0.1, 0.15) is 12.1 Å². The lowest BCUT2D eigenvalue weighted by atomic mass is 9.85. The number of fused-ring (bicyclic) bond motifs is 1. The van der Waals surface area contributed by atoms with Crippen LogP contribution in [0.2, 0.25) is 0 Å². The van der Waals surface area contributed by atoms with Crippen molar-refractivity contribution in [2.45, 2.75) is 105 Å². The van der Waals surface area contributed by atoms with E-state index in [1.54, 1.807) is 0 Å². The second-order valence-corrected chi connectivity index (χ2v) is 16.4. The second-order valence-electron chi connectivity index (χ2n) is 16.4. The van der Waals surface area contributed by atoms with Crippen LogP contribution in [0.3, 0.4) is 0 Å². The van der Waals surface area contributed by atoms with E-state index in [0.29, 0.717) is 12.8 Å². The topological polar surface area (TPSA) is 187 Å². The minimum atomic E-state index is -1.07. The van der Waals surface area contributed by atoms with Gasteiger partial charge in [-0.05, 0) is 47.5 Å². The van der Waals surface area contributed by atoms with Gasteiger partial charge in [-0.1, -0.05) is 68.2 Å². The number of aromatic nitrogens is 1. The maximum atomic E-state index is 14.4. The first-order chi connectivity index (χ1) is 23.2. The molecule has 2 aliphatic heterocycles. The van der Waals surface area contributed by atoms with Gasteiger partial charge < -0.3 is 26.2 Å². The van der Waals surface area contributed by atoms with Crippen molar-refractivity contribution in [3.05, 3.63) is 29.6 Å². The number of likely N-dealkylation sites (N-methyl/N-ethyl adjacent to an activating group) is 1. The van der Waals surface area contributed by atoms with Gasteiger partial charge >= 0.3 is 6.03 Å². The lowest BCUT2D eigenvalue weighted by Crippen LogP contribution is -2.62. The third-order valence-electron chi connectivity index (χ3n) is 10.1. The van der Waals surface area contributed by atoms with Crippen LogP contribution in [0.4, 0.5) is 4.79 Å². The molecule has 1 aromatic heterocycles. The summed E-state index contributed by atoms with van der Waals surface area (Å²) in [5.41, 5.74) is -0.935. The fourth-order valence-electron chi connectivity index (χ4n) is 6.48. The van der Waals surface area contributed by atoms with Crippen molar-refractivity contribution in [3.8, 4) is 0 Å². The molecule has 274 valence electrons. The van der Waals surface area contributed by atoms with Crippen LogP contribution < -0.4 is 21.3 Å². The van der Waals surface area contributed by atoms with Crippen molar-refractivity contribution in [1.29, 1.82) is 0 Å². The van der Waals surface area contributed by atoms with E-state index in [4.69, 9.17) is 0 Å². The lowest BCUT2D eigenvalue weighted by molar-refractivity contribution is -0.143. The molecule has 50 heavy (non-hydrogen) atoms. The summed E-state index contributed by atoms with van der Waals surface area (Å²) in [4.78, 5) is 99.8. The van der Waals surface area contributed by atoms with E-state index in [1.807, 2.05) is 55.4 Å². The Morgan fingerprint density at radius 3 is 2.10 bits per heavy atom. The molecule has 1 saturated heterocycles. The number of nitrogens with zero attached hydrogens (tertiary/aromatic N) is 3. The zero-order chi connectivity index (χ0) is 37.3. The molecule has 5 atom stereocenters. The highest BCUT2D eigenvalue weighted by Gasteiger charge is 2.47. The van der Waals surface area contributed by atoms with E-state index in [9.17, 15) is 33.6 Å². The van der Waals surface area contributed by atoms with Crippen molar-refractivity contribution in [2.24, 2.45) is 28.6 Å². The van der Waals surface area contributed by atoms with Crippen molar-refractivity contribution < 1.29 is 33.6 Å². The fraction of sp³-hybridized carbons (Fsp3) is 0.667. The first kappa shape index (κ1) is 38.4. The molecule has 2 fully saturated rings. The van der Waals surface area contributed by atoms with E-state index in [1.165, 1.54) is 30.4 Å². The number of urea groups is 1. The Kier molecular flexibility index (Phi) is 11.4. The van der Waals surface area contributed by atoms with Gasteiger partial charge in [-0.3, -0.25) is 38.7 Å². The monoisotopic (exact) mass is 695 g/mol. The number of amides is 7. The van der Waals surface area contributed by atoms with Crippen LogP contribution in [0.1, 0.15) is 102 Å². The van der Waals surface area contributed by atoms with Crippen LogP contribution in [0.5, 0.6) is 0 Å². The van der Waals surface area contributed by atoms with E-state index < -0.39 is 76.3 Å². The average Bonchev–Trinajstić information content (AvgIpc) is 3.68. The third-order valence-corrected chi connectivity index (χ3v) is 10.1. The van der Waals surface area contributed by atoms with Crippen molar-refractivity contribution in [2.75, 3.05) is 20.1 Å². The highest BCUT2D eigenvalue weighted by atomic mass is 16.2. The normalized spacial score (nSPS) is 21.0. The van der Waals surface area contributed by atoms with Crippen LogP contribution in [-0.4, -0.2) is 100 Å². The number of hydrogen-bond acceptors (Lipinski definition) is 8. The van der Waals surface area contributed by atoms with E-state index in [-0.39, 0.29) is 42.0 Å². The first-order valence-electron chi connectivity index (χ1n) is 17.5. The van der Waals surface area contributed by atoms with E-state index in [2.05, 4.69) is 26.3 Å². The number of Topliss-reactive ketones (excluding diaryl/α,β-unsaturated/α-hetero) is 1. The van der Waals surface area contributed by atoms with Gasteiger partial charge in [0.05, 0.1) is 29.8 Å². The molecular weight excluding hydrogens is 642 g/mol. The summed E-state index contributed by atoms with van der Waals surface area (Å²) in [5.74, 6) is -3.05. The number of imide groups is 1. The number of hydrogen-bond donors (Lipinski definition) is 4. The summed E-state index contributed by atoms with van der Waals surface area (Å²) in [7, 11) is 1.36. The Morgan fingerprint density at radius 1 is 0.920 bits per heavy atom. The van der Waals surface area contributed by atoms with Crippen molar-refractivity contribution in [3.63, 3.8) is 0 Å². The first-order valence-corrected chi connectivity index (χ1v) is 17.5. The lowest BCUT2D eigenvalue weighted by Gasteiger charge is -2.37. The van der Waals surface area contributed by atoms with Crippen molar-refractivity contribution in [1.82, 2.24) is 36.1 Å². The Morgan fingerprint density at radius 2 is 1.56 bits per heavy atom. The number of carbonyl (C=O) groups is 7. The molecule has 4 rings (SSSR count). The fourth-order valence-corrected chi connectivity index (χ4v) is 6.48. The van der Waals surface area contributed by atoms with Gasteiger partial charge in [0.15, 0.2) is 0 Å². The summed E-state index contributed by atoms with van der Waals surface area (Å²) in [6.07, 6.45) is 5.35. The van der Waals surface area contributed by atoms with Gasteiger partial charge in [0.2, 0.25) is 17.6 Å². The van der Waals surface area contributed by atoms with Gasteiger partial charge in [0.25, 0.3) is 17.7 Å². The maximum Gasteiger partial charge on any atom is 0.315 e. The molecule has 3 heterocycles. The predicted octanol–water partition coefficient (Wildman–Crippen LogP) is 2.28. The molecule has 0 spiro atoms. The zero-order valence-corrected chi connectivity index (χ0v) is 30.7. The molecule has 2 unspecified atom stereocenters. The van der Waals surface area contributed by atoms with Gasteiger partial charge in [-0.25, -0.2) is 4.79 Å². The summed E-state index contributed by atoms with van der Waals surface area (Å²) >= 11 is 0. The maximum absolute atomic E-state index is 14.4. The number of ketones is 1. The summed E-state index contributed by atoms with van der Waals surface area (Å²) < 4.78 is 0. The Balaban J connectivity index is 1.53. The summed E-state index contributed by atoms with van der Waals surface area (Å²) in [5, 5.41) is 10.9. The average molecular weight is 696 g/mol. The van der Waals surface area contributed by atoms with Gasteiger partial charge in [-0.2, -0.15) is 0 Å². The summed E-state index contributed by atoms with van der Waals surface area (Å²) in [6, 6.07) is -2.84. The van der Waals surface area contributed by atoms with Gasteiger partial charge in [-0.15, -0.1) is 0 Å². The van der Waals surface area contributed by atoms with E-state index >= 15 is 0 Å². The summed E-state index contributed by atoms with van der Waals surface area (Å²) in [6.45, 7) is 15.2. The molecular formula is C36H53N7O7. The molecule has 1 aliphatic carbocycles. The SMILES string of the molecule is CNC(=O)C(=O)C(CC1CC1)NC(=O)[C@@H]1CC(C(C)C)CN1C(=O)[C@@H](NC(=O)N[C@H](CN1C(=O)c2ccncc2C1=O)C(C)(C)C)C(C)(C)C. The predicted molar refractivity (Wildman–Crippen MR) is 185 cm³/mol. The smallest absolute Gasteiger partial charge is 0.315 e. The zero-order valence-electron chi connectivity index (χ0n) is 30.7. The molecule has 0 bridgehead atoms. The molecule has 7 amide bonds. The highest BCUT2D eigenvalue weighted by Crippen LogP contribution is 2.35. The minimum Gasteiger partial charge on any atom is -0.353 e. The molecule has 14 heteroatoms. The molecule has 0 radical (unpaired) electrons. The van der Waals surface area contributed by atoms with Gasteiger partial charge in [0, 0.05) is 26.0 Å². The standard InChI is InChI=1S/C36H53N7O7/c1-19(2)21-15-25(29(45)39-24(14-20-10-11-20)27(44)30(46)37-9)42(17-21)33(49)28(36(6,7)8)41-34(50)40-26(35(3,4)5)18-43-31(47)22-12-13-38-16-23(22)32(43)48/h12-13,16,19-21,24-26,28H,10-11,14-15,17-18H2,1-9H3,(H,37,46)(H,39,45)(H2,40,41,50)/t21?,24?,25-,26+,28+/m0/s1. The number of likely N-dealkylation sites (tertiary alicyclic amines) is 1. The third kappa shape index (κ3) is 8.67. The number of carbonyl (C=O) groups excluding carboxylic acids is 7. The largest absolute Gasteiger partial charge is 0.353 e. The van der Waals surface area contributed by atoms with Crippen LogP contribution in [-0.2, 0) is 19.2 Å². The molecule has 3 aliphatic rings. The van der Waals surface area contributed by atoms with Crippen molar-refractivity contribution >= 4 is 41.4 Å².